The molecule has 1 aromatic rings. The van der Waals surface area contributed by atoms with Crippen LogP contribution < -0.4 is 4.90 Å². The Labute approximate surface area is 101 Å². The first kappa shape index (κ1) is 11.1. The second kappa shape index (κ2) is 4.64. The standard InChI is InChI=1S/C11H15ClN2S/c1-9-8-13(6-7-14(9)15)11-4-2-10(12)3-5-11/h2-5,9,15H,6-8H2,1H3. The molecule has 1 aliphatic rings. The van der Waals surface area contributed by atoms with Gasteiger partial charge in [0.1, 0.15) is 0 Å². The van der Waals surface area contributed by atoms with Crippen LogP contribution in [0.1, 0.15) is 6.92 Å². The van der Waals surface area contributed by atoms with E-state index < -0.39 is 0 Å². The van der Waals surface area contributed by atoms with Crippen molar-refractivity contribution < 1.29 is 0 Å². The number of piperazine rings is 1. The molecule has 1 unspecified atom stereocenters. The van der Waals surface area contributed by atoms with E-state index in [1.165, 1.54) is 5.69 Å². The van der Waals surface area contributed by atoms with E-state index in [0.717, 1.165) is 24.7 Å². The molecule has 0 aromatic heterocycles. The van der Waals surface area contributed by atoms with Crippen LogP contribution in [0.2, 0.25) is 5.02 Å². The van der Waals surface area contributed by atoms with Crippen molar-refractivity contribution in [1.29, 1.82) is 0 Å². The van der Waals surface area contributed by atoms with Gasteiger partial charge in [0.2, 0.25) is 0 Å². The maximum absolute atomic E-state index is 5.86. The van der Waals surface area contributed by atoms with Crippen LogP contribution in [0.4, 0.5) is 5.69 Å². The Morgan fingerprint density at radius 3 is 2.53 bits per heavy atom. The lowest BCUT2D eigenvalue weighted by atomic mass is 10.2. The first-order chi connectivity index (χ1) is 7.16. The van der Waals surface area contributed by atoms with Gasteiger partial charge in [0.15, 0.2) is 0 Å². The Bertz CT molecular complexity index is 328. The largest absolute Gasteiger partial charge is 0.369 e. The molecule has 1 atom stereocenters. The number of hydrogen-bond donors (Lipinski definition) is 1. The molecule has 0 aliphatic carbocycles. The highest BCUT2D eigenvalue weighted by Crippen LogP contribution is 2.21. The molecule has 82 valence electrons. The zero-order valence-electron chi connectivity index (χ0n) is 8.73. The molecule has 0 saturated carbocycles. The normalized spacial score (nSPS) is 23.1. The maximum atomic E-state index is 5.86. The van der Waals surface area contributed by atoms with Gasteiger partial charge < -0.3 is 4.90 Å². The van der Waals surface area contributed by atoms with Crippen molar-refractivity contribution in [3.63, 3.8) is 0 Å². The van der Waals surface area contributed by atoms with Crippen molar-refractivity contribution in [2.45, 2.75) is 13.0 Å². The molecule has 15 heavy (non-hydrogen) atoms. The van der Waals surface area contributed by atoms with E-state index in [2.05, 4.69) is 41.1 Å². The fourth-order valence-electron chi connectivity index (χ4n) is 1.83. The summed E-state index contributed by atoms with van der Waals surface area (Å²) in [6, 6.07) is 8.51. The third-order valence-corrected chi connectivity index (χ3v) is 3.63. The molecular weight excluding hydrogens is 228 g/mol. The van der Waals surface area contributed by atoms with E-state index in [0.29, 0.717) is 6.04 Å². The summed E-state index contributed by atoms with van der Waals surface area (Å²) in [6.07, 6.45) is 0. The van der Waals surface area contributed by atoms with E-state index in [-0.39, 0.29) is 0 Å². The molecule has 1 heterocycles. The predicted molar refractivity (Wildman–Crippen MR) is 68.8 cm³/mol. The quantitative estimate of drug-likeness (QED) is 0.757. The molecule has 1 aliphatic heterocycles. The van der Waals surface area contributed by atoms with Crippen molar-refractivity contribution in [2.75, 3.05) is 24.5 Å². The molecule has 0 bridgehead atoms. The van der Waals surface area contributed by atoms with E-state index >= 15 is 0 Å². The topological polar surface area (TPSA) is 6.48 Å². The maximum Gasteiger partial charge on any atom is 0.0407 e. The predicted octanol–water partition coefficient (Wildman–Crippen LogP) is 2.70. The monoisotopic (exact) mass is 242 g/mol. The zero-order valence-corrected chi connectivity index (χ0v) is 10.4. The second-order valence-corrected chi connectivity index (χ2v) is 4.88. The zero-order chi connectivity index (χ0) is 10.8. The molecule has 1 saturated heterocycles. The fraction of sp³-hybridized carbons (Fsp3) is 0.455. The fourth-order valence-corrected chi connectivity index (χ4v) is 2.12. The van der Waals surface area contributed by atoms with E-state index in [1.807, 2.05) is 12.1 Å². The Morgan fingerprint density at radius 1 is 1.27 bits per heavy atom. The van der Waals surface area contributed by atoms with Gasteiger partial charge in [0, 0.05) is 36.4 Å². The molecule has 2 rings (SSSR count). The van der Waals surface area contributed by atoms with Gasteiger partial charge in [-0.25, -0.2) is 4.31 Å². The number of benzene rings is 1. The summed E-state index contributed by atoms with van der Waals surface area (Å²) >= 11 is 10.3. The van der Waals surface area contributed by atoms with E-state index in [1.54, 1.807) is 0 Å². The van der Waals surface area contributed by atoms with Crippen molar-refractivity contribution >= 4 is 30.1 Å². The van der Waals surface area contributed by atoms with Crippen LogP contribution in [0.3, 0.4) is 0 Å². The summed E-state index contributed by atoms with van der Waals surface area (Å²) in [5.74, 6) is 0. The summed E-state index contributed by atoms with van der Waals surface area (Å²) in [7, 11) is 0. The molecular formula is C11H15ClN2S. The number of thiol groups is 1. The van der Waals surface area contributed by atoms with Crippen LogP contribution in [0, 0.1) is 0 Å². The lowest BCUT2D eigenvalue weighted by molar-refractivity contribution is 0.340. The van der Waals surface area contributed by atoms with Crippen LogP contribution in [0.15, 0.2) is 24.3 Å². The number of halogens is 1. The summed E-state index contributed by atoms with van der Waals surface area (Å²) in [5, 5.41) is 0.791. The first-order valence-corrected chi connectivity index (χ1v) is 5.90. The Kier molecular flexibility index (Phi) is 3.44. The molecule has 0 amide bonds. The summed E-state index contributed by atoms with van der Waals surface area (Å²) in [5.41, 5.74) is 1.24. The van der Waals surface area contributed by atoms with Crippen molar-refractivity contribution in [1.82, 2.24) is 4.31 Å². The third kappa shape index (κ3) is 2.60. The average Bonchev–Trinajstić information content (AvgIpc) is 2.23. The summed E-state index contributed by atoms with van der Waals surface area (Å²) in [4.78, 5) is 2.37. The van der Waals surface area contributed by atoms with Crippen molar-refractivity contribution in [2.24, 2.45) is 0 Å². The molecule has 1 aromatic carbocycles. The molecule has 0 radical (unpaired) electrons. The second-order valence-electron chi connectivity index (χ2n) is 3.93. The number of anilines is 1. The van der Waals surface area contributed by atoms with Gasteiger partial charge in [0.25, 0.3) is 0 Å². The molecule has 1 fully saturated rings. The highest BCUT2D eigenvalue weighted by atomic mass is 35.5. The minimum atomic E-state index is 0.484. The average molecular weight is 243 g/mol. The minimum absolute atomic E-state index is 0.484. The molecule has 4 heteroatoms. The smallest absolute Gasteiger partial charge is 0.0407 e. The first-order valence-electron chi connectivity index (χ1n) is 5.13. The lowest BCUT2D eigenvalue weighted by Crippen LogP contribution is -2.48. The van der Waals surface area contributed by atoms with Crippen LogP contribution in [-0.2, 0) is 0 Å². The van der Waals surface area contributed by atoms with Crippen LogP contribution in [-0.4, -0.2) is 30.0 Å². The molecule has 0 N–H and O–H groups in total. The van der Waals surface area contributed by atoms with Gasteiger partial charge in [-0.15, -0.1) is 0 Å². The molecule has 2 nitrogen and oxygen atoms in total. The van der Waals surface area contributed by atoms with E-state index in [9.17, 15) is 0 Å². The van der Waals surface area contributed by atoms with Gasteiger partial charge >= 0.3 is 0 Å². The molecule has 0 spiro atoms. The number of hydrogen-bond acceptors (Lipinski definition) is 3. The summed E-state index contributed by atoms with van der Waals surface area (Å²) in [6.45, 7) is 5.22. The Hall–Kier alpha value is -0.380. The SMILES string of the molecule is CC1CN(c2ccc(Cl)cc2)CCN1S. The number of nitrogens with zero attached hydrogens (tertiary/aromatic N) is 2. The summed E-state index contributed by atoms with van der Waals surface area (Å²) < 4.78 is 2.09. The van der Waals surface area contributed by atoms with Crippen LogP contribution in [0.25, 0.3) is 0 Å². The van der Waals surface area contributed by atoms with Crippen molar-refractivity contribution in [3.05, 3.63) is 29.3 Å². The van der Waals surface area contributed by atoms with E-state index in [4.69, 9.17) is 11.6 Å². The van der Waals surface area contributed by atoms with Gasteiger partial charge in [-0.05, 0) is 31.2 Å². The van der Waals surface area contributed by atoms with Gasteiger partial charge in [-0.2, -0.15) is 0 Å². The van der Waals surface area contributed by atoms with Gasteiger partial charge in [-0.1, -0.05) is 24.4 Å². The minimum Gasteiger partial charge on any atom is -0.369 e. The van der Waals surface area contributed by atoms with Crippen LogP contribution in [0.5, 0.6) is 0 Å². The highest BCUT2D eigenvalue weighted by molar-refractivity contribution is 7.77. The van der Waals surface area contributed by atoms with Gasteiger partial charge in [0.05, 0.1) is 0 Å². The highest BCUT2D eigenvalue weighted by Gasteiger charge is 2.21. The number of rotatable bonds is 1. The lowest BCUT2D eigenvalue weighted by Gasteiger charge is -2.38. The third-order valence-electron chi connectivity index (χ3n) is 2.78. The Balaban J connectivity index is 2.08. The Morgan fingerprint density at radius 2 is 1.93 bits per heavy atom. The van der Waals surface area contributed by atoms with Gasteiger partial charge in [-0.3, -0.25) is 0 Å². The van der Waals surface area contributed by atoms with Crippen LogP contribution >= 0.6 is 24.4 Å². The van der Waals surface area contributed by atoms with Crippen molar-refractivity contribution in [3.8, 4) is 0 Å².